The third-order valence-corrected chi connectivity index (χ3v) is 3.20. The fourth-order valence-corrected chi connectivity index (χ4v) is 2.23. The Kier molecular flexibility index (Phi) is 4.63. The smallest absolute Gasteiger partial charge is 0.128 e. The second-order valence-corrected chi connectivity index (χ2v) is 4.85. The van der Waals surface area contributed by atoms with Crippen molar-refractivity contribution in [2.75, 3.05) is 24.6 Å². The number of piperidine rings is 1. The topological polar surface area (TPSA) is 25.4 Å². The largest absolute Gasteiger partial charge is 0.376 e. The molecule has 94 valence electrons. The van der Waals surface area contributed by atoms with Gasteiger partial charge in [-0.2, -0.15) is 0 Å². The second kappa shape index (κ2) is 6.22. The van der Waals surface area contributed by atoms with Crippen LogP contribution in [0, 0.1) is 0 Å². The molecule has 17 heavy (non-hydrogen) atoms. The molecule has 0 aromatic carbocycles. The van der Waals surface area contributed by atoms with E-state index in [1.54, 1.807) is 6.20 Å². The van der Waals surface area contributed by atoms with Gasteiger partial charge in [0.1, 0.15) is 5.82 Å². The summed E-state index contributed by atoms with van der Waals surface area (Å²) in [5.41, 5.74) is 0. The monoisotopic (exact) mass is 254 g/mol. The Labute approximate surface area is 108 Å². The molecule has 1 aromatic rings. The Hall–Kier alpha value is -0.800. The maximum absolute atomic E-state index is 5.84. The van der Waals surface area contributed by atoms with E-state index >= 15 is 0 Å². The Bertz CT molecular complexity index is 342. The van der Waals surface area contributed by atoms with Crippen molar-refractivity contribution >= 4 is 17.4 Å². The minimum Gasteiger partial charge on any atom is -0.376 e. The van der Waals surface area contributed by atoms with Crippen LogP contribution >= 0.6 is 11.6 Å². The van der Waals surface area contributed by atoms with E-state index in [-0.39, 0.29) is 0 Å². The summed E-state index contributed by atoms with van der Waals surface area (Å²) in [5, 5.41) is 0.685. The molecule has 3 nitrogen and oxygen atoms in total. The van der Waals surface area contributed by atoms with Crippen molar-refractivity contribution in [3.8, 4) is 0 Å². The van der Waals surface area contributed by atoms with Crippen LogP contribution < -0.4 is 4.90 Å². The van der Waals surface area contributed by atoms with Gasteiger partial charge in [0, 0.05) is 25.9 Å². The summed E-state index contributed by atoms with van der Waals surface area (Å²) in [4.78, 5) is 6.63. The summed E-state index contributed by atoms with van der Waals surface area (Å²) in [6.07, 6.45) is 5.45. The van der Waals surface area contributed by atoms with Gasteiger partial charge in [0.05, 0.1) is 11.1 Å². The van der Waals surface area contributed by atoms with Crippen LogP contribution in [0.3, 0.4) is 0 Å². The minimum absolute atomic E-state index is 0.348. The van der Waals surface area contributed by atoms with Gasteiger partial charge in [0.25, 0.3) is 0 Å². The standard InChI is InChI=1S/C13H19ClN2O/c1-2-8-17-12-4-3-7-16(10-12)13-6-5-11(14)9-15-13/h5-6,9,12H,2-4,7-8,10H2,1H3. The van der Waals surface area contributed by atoms with Crippen LogP contribution in [0.2, 0.25) is 5.02 Å². The maximum Gasteiger partial charge on any atom is 0.128 e. The van der Waals surface area contributed by atoms with E-state index in [0.717, 1.165) is 38.4 Å². The number of pyridine rings is 1. The van der Waals surface area contributed by atoms with Gasteiger partial charge in [-0.05, 0) is 31.4 Å². The molecular formula is C13H19ClN2O. The molecule has 1 atom stereocenters. The molecule has 0 radical (unpaired) electrons. The van der Waals surface area contributed by atoms with Crippen molar-refractivity contribution in [1.29, 1.82) is 0 Å². The fourth-order valence-electron chi connectivity index (χ4n) is 2.12. The SMILES string of the molecule is CCCOC1CCCN(c2ccc(Cl)cn2)C1. The van der Waals surface area contributed by atoms with Crippen LogP contribution in [0.1, 0.15) is 26.2 Å². The Morgan fingerprint density at radius 3 is 3.12 bits per heavy atom. The first kappa shape index (κ1) is 12.7. The minimum atomic E-state index is 0.348. The normalized spacial score (nSPS) is 20.6. The highest BCUT2D eigenvalue weighted by Crippen LogP contribution is 2.20. The van der Waals surface area contributed by atoms with Crippen molar-refractivity contribution < 1.29 is 4.74 Å². The molecule has 0 bridgehead atoms. The van der Waals surface area contributed by atoms with E-state index in [0.29, 0.717) is 11.1 Å². The molecule has 2 heterocycles. The third-order valence-electron chi connectivity index (χ3n) is 2.97. The van der Waals surface area contributed by atoms with Gasteiger partial charge in [-0.15, -0.1) is 0 Å². The average Bonchev–Trinajstić information content (AvgIpc) is 2.37. The van der Waals surface area contributed by atoms with Crippen LogP contribution in [0.15, 0.2) is 18.3 Å². The van der Waals surface area contributed by atoms with Crippen LogP contribution in [-0.4, -0.2) is 30.8 Å². The molecule has 1 unspecified atom stereocenters. The van der Waals surface area contributed by atoms with Crippen molar-refractivity contribution in [1.82, 2.24) is 4.98 Å². The molecule has 0 amide bonds. The Balaban J connectivity index is 1.94. The number of rotatable bonds is 4. The molecule has 1 saturated heterocycles. The highest BCUT2D eigenvalue weighted by atomic mass is 35.5. The number of nitrogens with zero attached hydrogens (tertiary/aromatic N) is 2. The molecule has 1 aliphatic heterocycles. The molecule has 1 aromatic heterocycles. The van der Waals surface area contributed by atoms with E-state index < -0.39 is 0 Å². The molecule has 4 heteroatoms. The number of aromatic nitrogens is 1. The van der Waals surface area contributed by atoms with Crippen LogP contribution in [0.4, 0.5) is 5.82 Å². The summed E-state index contributed by atoms with van der Waals surface area (Å²) in [6, 6.07) is 3.87. The summed E-state index contributed by atoms with van der Waals surface area (Å²) < 4.78 is 5.81. The lowest BCUT2D eigenvalue weighted by molar-refractivity contribution is 0.0439. The molecule has 1 fully saturated rings. The van der Waals surface area contributed by atoms with E-state index in [1.165, 1.54) is 6.42 Å². The number of ether oxygens (including phenoxy) is 1. The zero-order valence-corrected chi connectivity index (χ0v) is 11.0. The maximum atomic E-state index is 5.84. The highest BCUT2D eigenvalue weighted by Gasteiger charge is 2.20. The Morgan fingerprint density at radius 1 is 1.53 bits per heavy atom. The van der Waals surface area contributed by atoms with Crippen LogP contribution in [-0.2, 0) is 4.74 Å². The highest BCUT2D eigenvalue weighted by molar-refractivity contribution is 6.30. The lowest BCUT2D eigenvalue weighted by Gasteiger charge is -2.33. The fraction of sp³-hybridized carbons (Fsp3) is 0.615. The summed E-state index contributed by atoms with van der Waals surface area (Å²) in [6.45, 7) is 4.99. The zero-order valence-electron chi connectivity index (χ0n) is 10.2. The first-order valence-corrected chi connectivity index (χ1v) is 6.65. The Morgan fingerprint density at radius 2 is 2.41 bits per heavy atom. The number of hydrogen-bond donors (Lipinski definition) is 0. The van der Waals surface area contributed by atoms with Crippen molar-refractivity contribution in [2.45, 2.75) is 32.3 Å². The molecule has 0 saturated carbocycles. The van der Waals surface area contributed by atoms with Crippen LogP contribution in [0.25, 0.3) is 0 Å². The van der Waals surface area contributed by atoms with E-state index in [9.17, 15) is 0 Å². The van der Waals surface area contributed by atoms with Gasteiger partial charge >= 0.3 is 0 Å². The van der Waals surface area contributed by atoms with Crippen molar-refractivity contribution in [3.05, 3.63) is 23.4 Å². The molecule has 1 aliphatic rings. The van der Waals surface area contributed by atoms with Gasteiger partial charge < -0.3 is 9.64 Å². The predicted molar refractivity (Wildman–Crippen MR) is 70.7 cm³/mol. The third kappa shape index (κ3) is 3.58. The zero-order chi connectivity index (χ0) is 12.1. The molecule has 0 N–H and O–H groups in total. The first-order valence-electron chi connectivity index (χ1n) is 6.27. The van der Waals surface area contributed by atoms with Gasteiger partial charge in [-0.1, -0.05) is 18.5 Å². The molecule has 2 rings (SSSR count). The van der Waals surface area contributed by atoms with E-state index in [4.69, 9.17) is 16.3 Å². The molecule has 0 aliphatic carbocycles. The average molecular weight is 255 g/mol. The summed E-state index contributed by atoms with van der Waals surface area (Å²) in [5.74, 6) is 0.999. The molecular weight excluding hydrogens is 236 g/mol. The van der Waals surface area contributed by atoms with Crippen LogP contribution in [0.5, 0.6) is 0 Å². The van der Waals surface area contributed by atoms with E-state index in [2.05, 4.69) is 16.8 Å². The second-order valence-electron chi connectivity index (χ2n) is 4.42. The van der Waals surface area contributed by atoms with Gasteiger partial charge in [0.2, 0.25) is 0 Å². The number of anilines is 1. The first-order chi connectivity index (χ1) is 8.29. The van der Waals surface area contributed by atoms with E-state index in [1.807, 2.05) is 12.1 Å². The van der Waals surface area contributed by atoms with Crippen molar-refractivity contribution in [2.24, 2.45) is 0 Å². The van der Waals surface area contributed by atoms with Gasteiger partial charge in [-0.25, -0.2) is 4.98 Å². The number of halogens is 1. The van der Waals surface area contributed by atoms with Gasteiger partial charge in [-0.3, -0.25) is 0 Å². The van der Waals surface area contributed by atoms with Crippen molar-refractivity contribution in [3.63, 3.8) is 0 Å². The quantitative estimate of drug-likeness (QED) is 0.826. The summed E-state index contributed by atoms with van der Waals surface area (Å²) >= 11 is 5.84. The summed E-state index contributed by atoms with van der Waals surface area (Å²) in [7, 11) is 0. The molecule has 0 spiro atoms. The number of hydrogen-bond acceptors (Lipinski definition) is 3. The predicted octanol–water partition coefficient (Wildman–Crippen LogP) is 3.13. The lowest BCUT2D eigenvalue weighted by atomic mass is 10.1. The van der Waals surface area contributed by atoms with Gasteiger partial charge in [0.15, 0.2) is 0 Å². The lowest BCUT2D eigenvalue weighted by Crippen LogP contribution is -2.40.